The van der Waals surface area contributed by atoms with Crippen molar-refractivity contribution in [3.05, 3.63) is 53.5 Å². The lowest BCUT2D eigenvalue weighted by molar-refractivity contribution is -0.0232. The molecule has 1 spiro atoms. The van der Waals surface area contributed by atoms with Crippen molar-refractivity contribution >= 4 is 22.9 Å². The van der Waals surface area contributed by atoms with Crippen LogP contribution in [0.2, 0.25) is 0 Å². The van der Waals surface area contributed by atoms with E-state index in [0.29, 0.717) is 49.2 Å². The summed E-state index contributed by atoms with van der Waals surface area (Å²) in [6.07, 6.45) is 3.25. The first-order chi connectivity index (χ1) is 15.5. The van der Waals surface area contributed by atoms with Crippen LogP contribution in [0.3, 0.4) is 0 Å². The maximum atomic E-state index is 13.3. The van der Waals surface area contributed by atoms with Gasteiger partial charge in [0.2, 0.25) is 0 Å². The van der Waals surface area contributed by atoms with E-state index in [9.17, 15) is 9.59 Å². The Kier molecular flexibility index (Phi) is 4.96. The monoisotopic (exact) mass is 435 g/mol. The van der Waals surface area contributed by atoms with Gasteiger partial charge in [-0.15, -0.1) is 0 Å². The van der Waals surface area contributed by atoms with E-state index in [-0.39, 0.29) is 18.0 Å². The van der Waals surface area contributed by atoms with Crippen molar-refractivity contribution in [2.75, 3.05) is 20.2 Å². The van der Waals surface area contributed by atoms with Gasteiger partial charge in [0.25, 0.3) is 5.91 Å². The Bertz CT molecular complexity index is 1180. The minimum absolute atomic E-state index is 0.192. The summed E-state index contributed by atoms with van der Waals surface area (Å²) >= 11 is 0. The fourth-order valence-corrected chi connectivity index (χ4v) is 4.69. The first kappa shape index (κ1) is 20.3. The number of carbonyl (C=O) groups excluding carboxylic acids is 2. The second-order valence-corrected chi connectivity index (χ2v) is 8.45. The van der Waals surface area contributed by atoms with Gasteiger partial charge in [-0.25, -0.2) is 4.79 Å². The van der Waals surface area contributed by atoms with Gasteiger partial charge in [0.1, 0.15) is 17.0 Å². The normalized spacial score (nSPS) is 19.3. The average molecular weight is 435 g/mol. The number of carbonyl (C=O) groups is 2. The number of hydrogen-bond donors (Lipinski definition) is 2. The Morgan fingerprint density at radius 1 is 1.25 bits per heavy atom. The summed E-state index contributed by atoms with van der Waals surface area (Å²) in [6.45, 7) is 2.99. The molecule has 9 heteroatoms. The zero-order valence-corrected chi connectivity index (χ0v) is 18.1. The first-order valence-corrected chi connectivity index (χ1v) is 10.7. The number of pyridine rings is 1. The van der Waals surface area contributed by atoms with Gasteiger partial charge in [-0.3, -0.25) is 14.9 Å². The van der Waals surface area contributed by atoms with Crippen molar-refractivity contribution in [2.45, 2.75) is 37.8 Å². The van der Waals surface area contributed by atoms with Gasteiger partial charge in [-0.05, 0) is 25.1 Å². The quantitative estimate of drug-likeness (QED) is 0.640. The fourth-order valence-electron chi connectivity index (χ4n) is 4.69. The number of benzene rings is 1. The number of aryl methyl sites for hydroxylation is 1. The van der Waals surface area contributed by atoms with Crippen LogP contribution >= 0.6 is 0 Å². The lowest BCUT2D eigenvalue weighted by Gasteiger charge is -2.46. The Morgan fingerprint density at radius 2 is 2.06 bits per heavy atom. The lowest BCUT2D eigenvalue weighted by Crippen LogP contribution is -2.53. The molecule has 2 aliphatic heterocycles. The van der Waals surface area contributed by atoms with Crippen LogP contribution in [0.15, 0.2) is 36.5 Å². The zero-order chi connectivity index (χ0) is 22.3. The maximum Gasteiger partial charge on any atom is 0.409 e. The topological polar surface area (TPSA) is 109 Å². The molecule has 0 unspecified atom stereocenters. The number of likely N-dealkylation sites (tertiary alicyclic amines) is 1. The molecule has 32 heavy (non-hydrogen) atoms. The molecule has 0 radical (unpaired) electrons. The number of hydrogen-bond acceptors (Lipinski definition) is 6. The Morgan fingerprint density at radius 3 is 2.84 bits per heavy atom. The van der Waals surface area contributed by atoms with Crippen molar-refractivity contribution < 1.29 is 19.1 Å². The predicted octanol–water partition coefficient (Wildman–Crippen LogP) is 3.12. The van der Waals surface area contributed by atoms with Gasteiger partial charge >= 0.3 is 6.09 Å². The van der Waals surface area contributed by atoms with Gasteiger partial charge in [0, 0.05) is 43.4 Å². The highest BCUT2D eigenvalue weighted by Gasteiger charge is 2.45. The molecule has 1 fully saturated rings. The molecule has 1 saturated heterocycles. The van der Waals surface area contributed by atoms with Gasteiger partial charge in [-0.1, -0.05) is 12.1 Å². The van der Waals surface area contributed by atoms with Gasteiger partial charge < -0.3 is 19.7 Å². The number of aromatic nitrogens is 3. The van der Waals surface area contributed by atoms with Crippen LogP contribution in [0.4, 0.5) is 4.79 Å². The molecule has 2 amide bonds. The number of H-pyrrole nitrogens is 1. The number of amides is 2. The molecule has 1 atom stereocenters. The average Bonchev–Trinajstić information content (AvgIpc) is 3.28. The number of aromatic amines is 1. The summed E-state index contributed by atoms with van der Waals surface area (Å²) < 4.78 is 11.3. The van der Waals surface area contributed by atoms with E-state index in [1.165, 1.54) is 7.11 Å². The number of rotatable bonds is 2. The molecule has 2 aliphatic rings. The van der Waals surface area contributed by atoms with Crippen molar-refractivity contribution in [3.63, 3.8) is 0 Å². The Hall–Kier alpha value is -3.62. The second kappa shape index (κ2) is 7.81. The molecule has 4 heterocycles. The van der Waals surface area contributed by atoms with Crippen LogP contribution < -0.4 is 10.1 Å². The lowest BCUT2D eigenvalue weighted by atomic mass is 9.81. The van der Waals surface area contributed by atoms with Crippen LogP contribution in [0.1, 0.15) is 47.1 Å². The highest BCUT2D eigenvalue weighted by molar-refractivity contribution is 6.05. The molecule has 166 valence electrons. The molecule has 0 saturated carbocycles. The fraction of sp³-hybridized carbons (Fsp3) is 0.391. The van der Waals surface area contributed by atoms with E-state index in [4.69, 9.17) is 9.47 Å². The number of nitrogens with one attached hydrogen (secondary N) is 2. The molecule has 0 bridgehead atoms. The second-order valence-electron chi connectivity index (χ2n) is 8.45. The maximum absolute atomic E-state index is 13.3. The van der Waals surface area contributed by atoms with E-state index in [2.05, 4.69) is 20.5 Å². The van der Waals surface area contributed by atoms with E-state index in [1.807, 2.05) is 31.2 Å². The van der Waals surface area contributed by atoms with Crippen molar-refractivity contribution in [3.8, 4) is 5.75 Å². The van der Waals surface area contributed by atoms with Crippen LogP contribution in [0, 0.1) is 6.92 Å². The molecule has 9 nitrogen and oxygen atoms in total. The Labute approximate surface area is 185 Å². The standard InChI is InChI=1S/C23H25N5O4/c1-14-6-7-18-20(25-14)17(12-23(32-18)8-10-28(11-9-23)22(30)31-2)26-21(29)16-5-3-4-15-13-24-27-19(15)16/h3-7,13,17H,8-12H2,1-2H3,(H,24,27)(H,26,29)/t17-/m0/s1. The SMILES string of the molecule is COC(=O)N1CCC2(CC1)C[C@H](NC(=O)c1cccc3cn[nH]c13)c1nc(C)ccc1O2. The van der Waals surface area contributed by atoms with Crippen LogP contribution in [0.25, 0.3) is 10.9 Å². The molecule has 0 aliphatic carbocycles. The summed E-state index contributed by atoms with van der Waals surface area (Å²) in [6, 6.07) is 9.05. The highest BCUT2D eigenvalue weighted by Crippen LogP contribution is 2.43. The number of para-hydroxylation sites is 1. The highest BCUT2D eigenvalue weighted by atomic mass is 16.5. The third kappa shape index (κ3) is 3.53. The molecule has 3 aromatic rings. The third-order valence-corrected chi connectivity index (χ3v) is 6.39. The molecule has 2 N–H and O–H groups in total. The number of ether oxygens (including phenoxy) is 2. The number of methoxy groups -OCH3 is 1. The summed E-state index contributed by atoms with van der Waals surface area (Å²) in [5.74, 6) is 0.488. The van der Waals surface area contributed by atoms with E-state index >= 15 is 0 Å². The number of nitrogens with zero attached hydrogens (tertiary/aromatic N) is 3. The predicted molar refractivity (Wildman–Crippen MR) is 116 cm³/mol. The van der Waals surface area contributed by atoms with Gasteiger partial charge in [0.05, 0.1) is 30.4 Å². The summed E-state index contributed by atoms with van der Waals surface area (Å²) in [5, 5.41) is 11.0. The van der Waals surface area contributed by atoms with Crippen molar-refractivity contribution in [2.24, 2.45) is 0 Å². The minimum Gasteiger partial charge on any atom is -0.485 e. The van der Waals surface area contributed by atoms with Gasteiger partial charge in [0.15, 0.2) is 0 Å². The molecule has 2 aromatic heterocycles. The molecular weight excluding hydrogens is 410 g/mol. The first-order valence-electron chi connectivity index (χ1n) is 10.7. The van der Waals surface area contributed by atoms with Crippen LogP contribution in [0.5, 0.6) is 5.75 Å². The Balaban J connectivity index is 1.43. The smallest absolute Gasteiger partial charge is 0.409 e. The zero-order valence-electron chi connectivity index (χ0n) is 18.1. The number of fused-ring (bicyclic) bond motifs is 2. The van der Waals surface area contributed by atoms with Crippen molar-refractivity contribution in [1.82, 2.24) is 25.4 Å². The van der Waals surface area contributed by atoms with E-state index in [0.717, 1.165) is 16.8 Å². The van der Waals surface area contributed by atoms with E-state index < -0.39 is 5.60 Å². The van der Waals surface area contributed by atoms with Gasteiger partial charge in [-0.2, -0.15) is 5.10 Å². The summed E-state index contributed by atoms with van der Waals surface area (Å²) in [5.41, 5.74) is 2.35. The molecule has 1 aromatic carbocycles. The molecular formula is C23H25N5O4. The minimum atomic E-state index is -0.480. The summed E-state index contributed by atoms with van der Waals surface area (Å²) in [4.78, 5) is 31.6. The number of piperidine rings is 1. The molecule has 5 rings (SSSR count). The summed E-state index contributed by atoms with van der Waals surface area (Å²) in [7, 11) is 1.39. The van der Waals surface area contributed by atoms with Crippen LogP contribution in [-0.2, 0) is 4.74 Å². The third-order valence-electron chi connectivity index (χ3n) is 6.39. The largest absolute Gasteiger partial charge is 0.485 e. The van der Waals surface area contributed by atoms with Crippen LogP contribution in [-0.4, -0.2) is 57.9 Å². The van der Waals surface area contributed by atoms with E-state index in [1.54, 1.807) is 17.2 Å². The van der Waals surface area contributed by atoms with Crippen molar-refractivity contribution in [1.29, 1.82) is 0 Å².